The fourth-order valence-electron chi connectivity index (χ4n) is 0.819. The zero-order valence-electron chi connectivity index (χ0n) is 7.74. The van der Waals surface area contributed by atoms with Crippen LogP contribution in [0.15, 0.2) is 11.1 Å². The van der Waals surface area contributed by atoms with E-state index in [1.165, 1.54) is 17.5 Å². The highest BCUT2D eigenvalue weighted by atomic mass is 32.2. The largest absolute Gasteiger partial charge is 0.320 e. The maximum atomic E-state index is 11.1. The topological polar surface area (TPSA) is 63.4 Å². The van der Waals surface area contributed by atoms with Crippen LogP contribution in [0.1, 0.15) is 19.8 Å². The lowest BCUT2D eigenvalue weighted by Crippen LogP contribution is -2.20. The fourth-order valence-corrected chi connectivity index (χ4v) is 1.75. The molecule has 0 aromatic heterocycles. The van der Waals surface area contributed by atoms with E-state index in [0.717, 1.165) is 6.42 Å². The van der Waals surface area contributed by atoms with Gasteiger partial charge in [-0.3, -0.25) is 0 Å². The van der Waals surface area contributed by atoms with Crippen LogP contribution in [0.3, 0.4) is 0 Å². The summed E-state index contributed by atoms with van der Waals surface area (Å²) in [5.41, 5.74) is 0. The minimum atomic E-state index is -3.08. The molecule has 2 N–H and O–H groups in total. The van der Waals surface area contributed by atoms with Crippen molar-refractivity contribution >= 4 is 9.84 Å². The van der Waals surface area contributed by atoms with Crippen molar-refractivity contribution in [1.29, 1.82) is 0 Å². The number of hydrazine groups is 1. The average molecular weight is 192 g/mol. The van der Waals surface area contributed by atoms with Gasteiger partial charge in [0.1, 0.15) is 0 Å². The van der Waals surface area contributed by atoms with Crippen LogP contribution < -0.4 is 5.84 Å². The summed E-state index contributed by atoms with van der Waals surface area (Å²) in [5.74, 6) is 5.31. The number of nitrogens with zero attached hydrogens (tertiary/aromatic N) is 1. The summed E-state index contributed by atoms with van der Waals surface area (Å²) in [6.45, 7) is 1.93. The second kappa shape index (κ2) is 4.47. The van der Waals surface area contributed by atoms with Gasteiger partial charge in [-0.15, -0.1) is 0 Å². The summed E-state index contributed by atoms with van der Waals surface area (Å²) in [6.07, 6.45) is 3.98. The molecule has 12 heavy (non-hydrogen) atoms. The molecule has 0 rings (SSSR count). The van der Waals surface area contributed by atoms with E-state index < -0.39 is 9.84 Å². The van der Waals surface area contributed by atoms with Crippen molar-refractivity contribution in [2.24, 2.45) is 5.84 Å². The maximum Gasteiger partial charge on any atom is 0.173 e. The minimum absolute atomic E-state index is 0.384. The van der Waals surface area contributed by atoms with Crippen LogP contribution >= 0.6 is 0 Å². The number of sulfone groups is 1. The van der Waals surface area contributed by atoms with E-state index in [0.29, 0.717) is 11.3 Å². The molecule has 0 saturated carbocycles. The Morgan fingerprint density at radius 3 is 2.33 bits per heavy atom. The highest BCUT2D eigenvalue weighted by molar-refractivity contribution is 7.94. The Bertz CT molecular complexity index is 255. The van der Waals surface area contributed by atoms with E-state index in [9.17, 15) is 8.42 Å². The molecule has 0 aliphatic heterocycles. The summed E-state index contributed by atoms with van der Waals surface area (Å²) in [4.78, 5) is 0.384. The molecule has 0 aromatic carbocycles. The molecule has 72 valence electrons. The molecule has 0 amide bonds. The summed E-state index contributed by atoms with van der Waals surface area (Å²) in [6, 6.07) is 0. The molecule has 5 heteroatoms. The van der Waals surface area contributed by atoms with Crippen molar-refractivity contribution < 1.29 is 8.42 Å². The lowest BCUT2D eigenvalue weighted by molar-refractivity contribution is 0.480. The van der Waals surface area contributed by atoms with E-state index in [4.69, 9.17) is 5.84 Å². The van der Waals surface area contributed by atoms with Gasteiger partial charge in [-0.05, 0) is 6.42 Å². The van der Waals surface area contributed by atoms with Gasteiger partial charge in [0.25, 0.3) is 0 Å². The van der Waals surface area contributed by atoms with Gasteiger partial charge in [0.15, 0.2) is 9.84 Å². The van der Waals surface area contributed by atoms with Crippen molar-refractivity contribution in [3.05, 3.63) is 11.1 Å². The standard InChI is InChI=1S/C7H16N2O2S/c1-4-5-7(6-9(2)8)12(3,10)11/h6H,4-5,8H2,1-3H3/b7-6+. The highest BCUT2D eigenvalue weighted by Gasteiger charge is 2.09. The molecule has 0 spiro atoms. The van der Waals surface area contributed by atoms with Crippen LogP contribution in [0.25, 0.3) is 0 Å². The van der Waals surface area contributed by atoms with Crippen LogP contribution in [0, 0.1) is 0 Å². The van der Waals surface area contributed by atoms with Crippen LogP contribution in [-0.4, -0.2) is 26.7 Å². The third kappa shape index (κ3) is 4.35. The molecule has 0 fully saturated rings. The van der Waals surface area contributed by atoms with Gasteiger partial charge in [-0.25, -0.2) is 14.3 Å². The highest BCUT2D eigenvalue weighted by Crippen LogP contribution is 2.11. The predicted molar refractivity (Wildman–Crippen MR) is 49.8 cm³/mol. The lowest BCUT2D eigenvalue weighted by Gasteiger charge is -2.08. The van der Waals surface area contributed by atoms with Gasteiger partial charge in [0.05, 0.1) is 4.91 Å². The Hall–Kier alpha value is -0.550. The van der Waals surface area contributed by atoms with Gasteiger partial charge < -0.3 is 5.01 Å². The monoisotopic (exact) mass is 192 g/mol. The average Bonchev–Trinajstić information content (AvgIpc) is 1.83. The first-order valence-corrected chi connectivity index (χ1v) is 5.65. The number of rotatable bonds is 4. The maximum absolute atomic E-state index is 11.1. The second-order valence-corrected chi connectivity index (χ2v) is 4.85. The first-order valence-electron chi connectivity index (χ1n) is 3.76. The molecule has 0 aromatic rings. The molecule has 4 nitrogen and oxygen atoms in total. The minimum Gasteiger partial charge on any atom is -0.320 e. The molecule has 0 saturated heterocycles. The predicted octanol–water partition coefficient (Wildman–Crippen LogP) is 0.478. The first kappa shape index (κ1) is 11.4. The van der Waals surface area contributed by atoms with Crippen LogP contribution in [0.5, 0.6) is 0 Å². The SMILES string of the molecule is CCC/C(=C\N(C)N)S(C)(=O)=O. The molecule has 0 heterocycles. The van der Waals surface area contributed by atoms with E-state index in [-0.39, 0.29) is 0 Å². The van der Waals surface area contributed by atoms with Crippen LogP contribution in [-0.2, 0) is 9.84 Å². The molecule has 0 radical (unpaired) electrons. The third-order valence-corrected chi connectivity index (χ3v) is 2.58. The molecule has 0 aliphatic rings. The quantitative estimate of drug-likeness (QED) is 0.520. The van der Waals surface area contributed by atoms with Gasteiger partial charge in [0.2, 0.25) is 0 Å². The van der Waals surface area contributed by atoms with E-state index in [1.54, 1.807) is 7.05 Å². The van der Waals surface area contributed by atoms with Gasteiger partial charge in [-0.2, -0.15) is 0 Å². The Labute approximate surface area is 73.9 Å². The van der Waals surface area contributed by atoms with Crippen LogP contribution in [0.2, 0.25) is 0 Å². The summed E-state index contributed by atoms with van der Waals surface area (Å²) >= 11 is 0. The first-order chi connectivity index (χ1) is 5.38. The normalized spacial score (nSPS) is 13.2. The number of hydrogen-bond acceptors (Lipinski definition) is 4. The van der Waals surface area contributed by atoms with Gasteiger partial charge >= 0.3 is 0 Å². The molecular weight excluding hydrogens is 176 g/mol. The van der Waals surface area contributed by atoms with Crippen LogP contribution in [0.4, 0.5) is 0 Å². The fraction of sp³-hybridized carbons (Fsp3) is 0.714. The van der Waals surface area contributed by atoms with E-state index >= 15 is 0 Å². The molecule has 0 bridgehead atoms. The lowest BCUT2D eigenvalue weighted by atomic mass is 10.3. The van der Waals surface area contributed by atoms with Crippen molar-refractivity contribution in [3.8, 4) is 0 Å². The van der Waals surface area contributed by atoms with E-state index in [2.05, 4.69) is 0 Å². The van der Waals surface area contributed by atoms with E-state index in [1.807, 2.05) is 6.92 Å². The summed E-state index contributed by atoms with van der Waals surface area (Å²) in [7, 11) is -1.48. The third-order valence-electron chi connectivity index (χ3n) is 1.32. The number of allylic oxidation sites excluding steroid dienone is 1. The van der Waals surface area contributed by atoms with Crippen molar-refractivity contribution in [3.63, 3.8) is 0 Å². The van der Waals surface area contributed by atoms with Gasteiger partial charge in [0, 0.05) is 19.5 Å². The Morgan fingerprint density at radius 1 is 1.58 bits per heavy atom. The number of nitrogens with two attached hydrogens (primary N) is 1. The molecule has 0 atom stereocenters. The van der Waals surface area contributed by atoms with Crippen molar-refractivity contribution in [2.75, 3.05) is 13.3 Å². The Morgan fingerprint density at radius 2 is 2.08 bits per heavy atom. The molecular formula is C7H16N2O2S. The van der Waals surface area contributed by atoms with Crippen molar-refractivity contribution in [2.45, 2.75) is 19.8 Å². The number of hydrogen-bond donors (Lipinski definition) is 1. The summed E-state index contributed by atoms with van der Waals surface area (Å²) in [5, 5.41) is 1.26. The second-order valence-electron chi connectivity index (χ2n) is 2.78. The molecule has 0 unspecified atom stereocenters. The Balaban J connectivity index is 4.68. The zero-order valence-corrected chi connectivity index (χ0v) is 8.56. The summed E-state index contributed by atoms with van der Waals surface area (Å²) < 4.78 is 22.2. The van der Waals surface area contributed by atoms with Crippen molar-refractivity contribution in [1.82, 2.24) is 5.01 Å². The Kier molecular flexibility index (Phi) is 4.26. The zero-order chi connectivity index (χ0) is 9.78. The van der Waals surface area contributed by atoms with Gasteiger partial charge in [-0.1, -0.05) is 13.3 Å². The molecule has 0 aliphatic carbocycles. The smallest absolute Gasteiger partial charge is 0.173 e.